The number of aromatic nitrogens is 1. The van der Waals surface area contributed by atoms with Crippen LogP contribution >= 0.6 is 0 Å². The molecule has 0 bridgehead atoms. The van der Waals surface area contributed by atoms with Crippen molar-refractivity contribution in [3.63, 3.8) is 0 Å². The summed E-state index contributed by atoms with van der Waals surface area (Å²) in [6.45, 7) is 1.88. The molecule has 1 aromatic carbocycles. The third kappa shape index (κ3) is 1.65. The number of H-pyrrole nitrogens is 1. The molecule has 0 aliphatic rings. The van der Waals surface area contributed by atoms with E-state index in [0.29, 0.717) is 11.9 Å². The zero-order valence-corrected chi connectivity index (χ0v) is 8.80. The van der Waals surface area contributed by atoms with Crippen LogP contribution in [0, 0.1) is 10.1 Å². The van der Waals surface area contributed by atoms with E-state index < -0.39 is 11.0 Å². The first kappa shape index (κ1) is 10.6. The molecular formula is C11H12N2O3. The van der Waals surface area contributed by atoms with Crippen molar-refractivity contribution in [3.05, 3.63) is 40.1 Å². The van der Waals surface area contributed by atoms with E-state index in [0.717, 1.165) is 10.9 Å². The van der Waals surface area contributed by atoms with Crippen LogP contribution in [0.1, 0.15) is 25.0 Å². The molecule has 0 aliphatic heterocycles. The van der Waals surface area contributed by atoms with Gasteiger partial charge in [-0.15, -0.1) is 0 Å². The van der Waals surface area contributed by atoms with Gasteiger partial charge in [0.15, 0.2) is 0 Å². The van der Waals surface area contributed by atoms with Crippen LogP contribution in [0.5, 0.6) is 0 Å². The Bertz CT molecular complexity index is 533. The standard InChI is InChI=1S/C11H12N2O3/c1-2-11(14)9-6-12-10-5-7(13(15)16)3-4-8(9)10/h3-6,11-12,14H,2H2,1H3/t11-/m0/s1. The molecule has 2 N–H and O–H groups in total. The quantitative estimate of drug-likeness (QED) is 0.616. The average Bonchev–Trinajstić information content (AvgIpc) is 2.70. The number of hydrogen-bond acceptors (Lipinski definition) is 3. The number of nitrogens with zero attached hydrogens (tertiary/aromatic N) is 1. The smallest absolute Gasteiger partial charge is 0.271 e. The molecule has 16 heavy (non-hydrogen) atoms. The number of aliphatic hydroxyl groups is 1. The van der Waals surface area contributed by atoms with Gasteiger partial charge in [-0.3, -0.25) is 10.1 Å². The average molecular weight is 220 g/mol. The van der Waals surface area contributed by atoms with Gasteiger partial charge in [-0.05, 0) is 12.5 Å². The van der Waals surface area contributed by atoms with Crippen molar-refractivity contribution in [1.82, 2.24) is 4.98 Å². The van der Waals surface area contributed by atoms with Crippen molar-refractivity contribution in [3.8, 4) is 0 Å². The molecule has 5 heteroatoms. The lowest BCUT2D eigenvalue weighted by molar-refractivity contribution is -0.384. The van der Waals surface area contributed by atoms with E-state index in [9.17, 15) is 15.2 Å². The topological polar surface area (TPSA) is 79.2 Å². The van der Waals surface area contributed by atoms with E-state index in [4.69, 9.17) is 0 Å². The molecule has 1 heterocycles. The summed E-state index contributed by atoms with van der Waals surface area (Å²) in [6.07, 6.45) is 1.78. The van der Waals surface area contributed by atoms with E-state index in [1.807, 2.05) is 6.92 Å². The fourth-order valence-electron chi connectivity index (χ4n) is 1.75. The Balaban J connectivity index is 2.54. The molecule has 0 unspecified atom stereocenters. The molecule has 2 aromatic rings. The summed E-state index contributed by atoms with van der Waals surface area (Å²) in [7, 11) is 0. The van der Waals surface area contributed by atoms with Gasteiger partial charge in [-0.2, -0.15) is 0 Å². The summed E-state index contributed by atoms with van der Waals surface area (Å²) < 4.78 is 0. The van der Waals surface area contributed by atoms with Crippen LogP contribution in [-0.4, -0.2) is 15.0 Å². The lowest BCUT2D eigenvalue weighted by atomic mass is 10.1. The summed E-state index contributed by atoms with van der Waals surface area (Å²) in [5.74, 6) is 0. The fourth-order valence-corrected chi connectivity index (χ4v) is 1.75. The minimum absolute atomic E-state index is 0.0480. The van der Waals surface area contributed by atoms with Crippen LogP contribution in [0.3, 0.4) is 0 Å². The maximum Gasteiger partial charge on any atom is 0.271 e. The first-order chi connectivity index (χ1) is 7.63. The molecule has 1 atom stereocenters. The first-order valence-electron chi connectivity index (χ1n) is 5.07. The van der Waals surface area contributed by atoms with Crippen LogP contribution < -0.4 is 0 Å². The molecule has 0 spiro atoms. The maximum absolute atomic E-state index is 10.6. The Morgan fingerprint density at radius 3 is 2.94 bits per heavy atom. The van der Waals surface area contributed by atoms with E-state index in [-0.39, 0.29) is 5.69 Å². The van der Waals surface area contributed by atoms with Crippen molar-refractivity contribution >= 4 is 16.6 Å². The molecular weight excluding hydrogens is 208 g/mol. The molecule has 5 nitrogen and oxygen atoms in total. The monoisotopic (exact) mass is 220 g/mol. The molecule has 0 amide bonds. The van der Waals surface area contributed by atoms with Gasteiger partial charge in [0, 0.05) is 29.3 Å². The molecule has 84 valence electrons. The van der Waals surface area contributed by atoms with Gasteiger partial charge < -0.3 is 10.1 Å². The fraction of sp³-hybridized carbons (Fsp3) is 0.273. The van der Waals surface area contributed by atoms with Crippen molar-refractivity contribution in [2.75, 3.05) is 0 Å². The summed E-state index contributed by atoms with van der Waals surface area (Å²) in [6, 6.07) is 4.58. The van der Waals surface area contributed by atoms with Crippen LogP contribution in [0.25, 0.3) is 10.9 Å². The highest BCUT2D eigenvalue weighted by atomic mass is 16.6. The van der Waals surface area contributed by atoms with E-state index in [1.54, 1.807) is 12.3 Å². The number of rotatable bonds is 3. The van der Waals surface area contributed by atoms with Crippen molar-refractivity contribution in [2.45, 2.75) is 19.4 Å². The summed E-state index contributed by atoms with van der Waals surface area (Å²) >= 11 is 0. The minimum atomic E-state index is -0.532. The number of nitrogens with one attached hydrogen (secondary N) is 1. The third-order valence-corrected chi connectivity index (χ3v) is 2.65. The number of aromatic amines is 1. The van der Waals surface area contributed by atoms with Gasteiger partial charge in [0.2, 0.25) is 0 Å². The van der Waals surface area contributed by atoms with Gasteiger partial charge in [-0.25, -0.2) is 0 Å². The van der Waals surface area contributed by atoms with Crippen LogP contribution in [-0.2, 0) is 0 Å². The highest BCUT2D eigenvalue weighted by Gasteiger charge is 2.13. The number of aliphatic hydroxyl groups excluding tert-OH is 1. The number of fused-ring (bicyclic) bond motifs is 1. The predicted octanol–water partition coefficient (Wildman–Crippen LogP) is 2.52. The SMILES string of the molecule is CC[C@H](O)c1c[nH]c2cc([N+](=O)[O-])ccc12. The number of nitro benzene ring substituents is 1. The normalized spacial score (nSPS) is 12.9. The summed E-state index contributed by atoms with van der Waals surface area (Å²) in [5, 5.41) is 21.2. The second-order valence-corrected chi connectivity index (χ2v) is 3.66. The molecule has 0 fully saturated rings. The summed E-state index contributed by atoms with van der Waals surface area (Å²) in [4.78, 5) is 13.1. The highest BCUT2D eigenvalue weighted by Crippen LogP contribution is 2.28. The molecule has 0 aliphatic carbocycles. The molecule has 1 aromatic heterocycles. The second kappa shape index (κ2) is 3.94. The zero-order chi connectivity index (χ0) is 11.7. The Morgan fingerprint density at radius 1 is 1.56 bits per heavy atom. The lowest BCUT2D eigenvalue weighted by Gasteiger charge is -2.05. The number of benzene rings is 1. The van der Waals surface area contributed by atoms with Crippen molar-refractivity contribution in [1.29, 1.82) is 0 Å². The van der Waals surface area contributed by atoms with Gasteiger partial charge >= 0.3 is 0 Å². The van der Waals surface area contributed by atoms with Crippen LogP contribution in [0.15, 0.2) is 24.4 Å². The number of non-ortho nitro benzene ring substituents is 1. The molecule has 2 rings (SSSR count). The van der Waals surface area contributed by atoms with Gasteiger partial charge in [-0.1, -0.05) is 6.92 Å². The lowest BCUT2D eigenvalue weighted by Crippen LogP contribution is -1.93. The van der Waals surface area contributed by atoms with E-state index in [1.165, 1.54) is 12.1 Å². The van der Waals surface area contributed by atoms with Crippen molar-refractivity contribution in [2.24, 2.45) is 0 Å². The Morgan fingerprint density at radius 2 is 2.31 bits per heavy atom. The number of nitro groups is 1. The summed E-state index contributed by atoms with van der Waals surface area (Å²) in [5.41, 5.74) is 1.51. The highest BCUT2D eigenvalue weighted by molar-refractivity contribution is 5.85. The molecule has 0 saturated heterocycles. The second-order valence-electron chi connectivity index (χ2n) is 3.66. The molecule has 0 radical (unpaired) electrons. The number of hydrogen-bond donors (Lipinski definition) is 2. The van der Waals surface area contributed by atoms with Gasteiger partial charge in [0.05, 0.1) is 16.5 Å². The first-order valence-corrected chi connectivity index (χ1v) is 5.07. The van der Waals surface area contributed by atoms with Crippen LogP contribution in [0.4, 0.5) is 5.69 Å². The van der Waals surface area contributed by atoms with Gasteiger partial charge in [0.1, 0.15) is 0 Å². The predicted molar refractivity (Wildman–Crippen MR) is 60.2 cm³/mol. The Hall–Kier alpha value is -1.88. The third-order valence-electron chi connectivity index (χ3n) is 2.65. The Labute approximate surface area is 91.9 Å². The largest absolute Gasteiger partial charge is 0.388 e. The Kier molecular flexibility index (Phi) is 2.62. The van der Waals surface area contributed by atoms with Crippen molar-refractivity contribution < 1.29 is 10.0 Å². The van der Waals surface area contributed by atoms with Crippen LogP contribution in [0.2, 0.25) is 0 Å². The molecule has 0 saturated carbocycles. The van der Waals surface area contributed by atoms with E-state index in [2.05, 4.69) is 4.98 Å². The van der Waals surface area contributed by atoms with Gasteiger partial charge in [0.25, 0.3) is 5.69 Å². The maximum atomic E-state index is 10.6. The van der Waals surface area contributed by atoms with E-state index >= 15 is 0 Å². The zero-order valence-electron chi connectivity index (χ0n) is 8.80. The minimum Gasteiger partial charge on any atom is -0.388 e.